The number of nitrogens with zero attached hydrogens (tertiary/aromatic N) is 2. The molecule has 0 bridgehead atoms. The molecule has 0 radical (unpaired) electrons. The SMILES string of the molecule is CCCC/C=C/C/C=C/CCCCCCCCC(CCCCCCC/C=C/C/C=C/CCCCC)OC(=O)N(C)CCCN(CC)CC. The minimum absolute atomic E-state index is 0.0573. The smallest absolute Gasteiger partial charge is 0.409 e. The number of allylic oxidation sites excluding steroid dienone is 8. The second kappa shape index (κ2) is 38.0. The first-order chi connectivity index (χ1) is 23.6. The zero-order chi connectivity index (χ0) is 35.2. The van der Waals surface area contributed by atoms with Crippen LogP contribution in [0.2, 0.25) is 0 Å². The predicted molar refractivity (Wildman–Crippen MR) is 214 cm³/mol. The maximum Gasteiger partial charge on any atom is 0.409 e. The molecular formula is C44H82N2O2. The highest BCUT2D eigenvalue weighted by atomic mass is 16.6. The molecule has 1 unspecified atom stereocenters. The van der Waals surface area contributed by atoms with Crippen LogP contribution in [0.15, 0.2) is 48.6 Å². The summed E-state index contributed by atoms with van der Waals surface area (Å²) in [5.41, 5.74) is 0. The third kappa shape index (κ3) is 32.7. The van der Waals surface area contributed by atoms with Gasteiger partial charge >= 0.3 is 6.09 Å². The molecule has 48 heavy (non-hydrogen) atoms. The second-order valence-corrected chi connectivity index (χ2v) is 13.8. The Morgan fingerprint density at radius 1 is 0.500 bits per heavy atom. The van der Waals surface area contributed by atoms with E-state index < -0.39 is 0 Å². The van der Waals surface area contributed by atoms with E-state index in [4.69, 9.17) is 4.74 Å². The first kappa shape index (κ1) is 46.2. The summed E-state index contributed by atoms with van der Waals surface area (Å²) in [7, 11) is 1.90. The van der Waals surface area contributed by atoms with Crippen molar-refractivity contribution < 1.29 is 9.53 Å². The lowest BCUT2D eigenvalue weighted by atomic mass is 10.0. The number of hydrogen-bond donors (Lipinski definition) is 0. The van der Waals surface area contributed by atoms with Crippen molar-refractivity contribution in [2.75, 3.05) is 33.2 Å². The zero-order valence-corrected chi connectivity index (χ0v) is 32.9. The van der Waals surface area contributed by atoms with Crippen LogP contribution in [-0.2, 0) is 4.74 Å². The van der Waals surface area contributed by atoms with Gasteiger partial charge in [0.25, 0.3) is 0 Å². The Labute approximate surface area is 300 Å². The summed E-state index contributed by atoms with van der Waals surface area (Å²) >= 11 is 0. The van der Waals surface area contributed by atoms with Gasteiger partial charge in [-0.05, 0) is 110 Å². The minimum atomic E-state index is -0.133. The molecule has 4 heteroatoms. The van der Waals surface area contributed by atoms with Crippen molar-refractivity contribution in [2.24, 2.45) is 0 Å². The molecule has 0 aliphatic carbocycles. The summed E-state index contributed by atoms with van der Waals surface area (Å²) in [6.07, 6.45) is 49.0. The number of rotatable bonds is 35. The van der Waals surface area contributed by atoms with Gasteiger partial charge in [0.05, 0.1) is 0 Å². The van der Waals surface area contributed by atoms with E-state index in [1.54, 1.807) is 4.90 Å². The van der Waals surface area contributed by atoms with Gasteiger partial charge in [0.15, 0.2) is 0 Å². The lowest BCUT2D eigenvalue weighted by molar-refractivity contribution is 0.0575. The van der Waals surface area contributed by atoms with E-state index >= 15 is 0 Å². The first-order valence-corrected chi connectivity index (χ1v) is 20.8. The van der Waals surface area contributed by atoms with E-state index in [1.165, 1.54) is 116 Å². The average molecular weight is 671 g/mol. The molecule has 0 aliphatic rings. The molecule has 0 spiro atoms. The number of ether oxygens (including phenoxy) is 1. The maximum absolute atomic E-state index is 13.0. The van der Waals surface area contributed by atoms with Gasteiger partial charge in [-0.2, -0.15) is 0 Å². The lowest BCUT2D eigenvalue weighted by Crippen LogP contribution is -2.34. The Bertz CT molecular complexity index is 783. The zero-order valence-electron chi connectivity index (χ0n) is 32.9. The second-order valence-electron chi connectivity index (χ2n) is 13.8. The fourth-order valence-electron chi connectivity index (χ4n) is 6.01. The van der Waals surface area contributed by atoms with Crippen molar-refractivity contribution in [2.45, 2.75) is 194 Å². The highest BCUT2D eigenvalue weighted by Gasteiger charge is 2.17. The van der Waals surface area contributed by atoms with Crippen molar-refractivity contribution in [3.8, 4) is 0 Å². The molecule has 1 atom stereocenters. The maximum atomic E-state index is 13.0. The van der Waals surface area contributed by atoms with Gasteiger partial charge in [-0.1, -0.05) is 147 Å². The summed E-state index contributed by atoms with van der Waals surface area (Å²) in [6, 6.07) is 0. The van der Waals surface area contributed by atoms with Gasteiger partial charge in [0.2, 0.25) is 0 Å². The van der Waals surface area contributed by atoms with Crippen LogP contribution < -0.4 is 0 Å². The standard InChI is InChI=1S/C44H82N2O2/c1-6-10-12-14-16-18-20-22-24-26-28-30-32-34-36-39-43(48-44(47)45(5)41-38-42-46(8-3)9-4)40-37-35-33-31-29-27-25-23-21-19-17-15-13-11-7-2/h14,16-17,19-20,22-23,25,43H,6-13,15,18,21,24,26-42H2,1-5H3/b16-14+,19-17+,22-20+,25-23+. The fraction of sp³-hybridized carbons (Fsp3) is 0.795. The van der Waals surface area contributed by atoms with Crippen LogP contribution in [0.3, 0.4) is 0 Å². The average Bonchev–Trinajstić information content (AvgIpc) is 3.09. The Kier molecular flexibility index (Phi) is 36.6. The Morgan fingerprint density at radius 3 is 1.38 bits per heavy atom. The predicted octanol–water partition coefficient (Wildman–Crippen LogP) is 13.8. The van der Waals surface area contributed by atoms with Crippen LogP contribution in [0.25, 0.3) is 0 Å². The number of carbonyl (C=O) groups excluding carboxylic acids is 1. The molecule has 0 aliphatic heterocycles. The topological polar surface area (TPSA) is 32.8 Å². The van der Waals surface area contributed by atoms with Gasteiger partial charge in [-0.25, -0.2) is 4.79 Å². The molecule has 0 saturated heterocycles. The molecule has 280 valence electrons. The fourth-order valence-corrected chi connectivity index (χ4v) is 6.01. The van der Waals surface area contributed by atoms with Gasteiger partial charge < -0.3 is 14.5 Å². The van der Waals surface area contributed by atoms with Crippen molar-refractivity contribution in [1.29, 1.82) is 0 Å². The van der Waals surface area contributed by atoms with E-state index in [1.807, 2.05) is 7.05 Å². The summed E-state index contributed by atoms with van der Waals surface area (Å²) in [6.45, 7) is 12.8. The highest BCUT2D eigenvalue weighted by Crippen LogP contribution is 2.18. The first-order valence-electron chi connectivity index (χ1n) is 20.8. The molecule has 0 fully saturated rings. The molecule has 0 heterocycles. The van der Waals surface area contributed by atoms with Crippen molar-refractivity contribution in [1.82, 2.24) is 9.80 Å². The molecule has 0 N–H and O–H groups in total. The summed E-state index contributed by atoms with van der Waals surface area (Å²) in [5, 5.41) is 0. The van der Waals surface area contributed by atoms with E-state index in [2.05, 4.69) is 81.2 Å². The third-order valence-electron chi connectivity index (χ3n) is 9.39. The molecule has 0 aromatic carbocycles. The number of amides is 1. The lowest BCUT2D eigenvalue weighted by Gasteiger charge is -2.24. The highest BCUT2D eigenvalue weighted by molar-refractivity contribution is 5.67. The number of carbonyl (C=O) groups is 1. The molecule has 1 amide bonds. The molecule has 0 aromatic rings. The van der Waals surface area contributed by atoms with Crippen LogP contribution >= 0.6 is 0 Å². The quantitative estimate of drug-likeness (QED) is 0.0497. The normalized spacial score (nSPS) is 12.9. The van der Waals surface area contributed by atoms with Crippen LogP contribution in [0.4, 0.5) is 4.79 Å². The van der Waals surface area contributed by atoms with Gasteiger partial charge in [-0.3, -0.25) is 0 Å². The number of unbranched alkanes of at least 4 members (excludes halogenated alkanes) is 16. The minimum Gasteiger partial charge on any atom is -0.446 e. The van der Waals surface area contributed by atoms with Crippen molar-refractivity contribution >= 4 is 6.09 Å². The van der Waals surface area contributed by atoms with E-state index in [0.717, 1.165) is 71.1 Å². The van der Waals surface area contributed by atoms with Gasteiger partial charge in [-0.15, -0.1) is 0 Å². The third-order valence-corrected chi connectivity index (χ3v) is 9.39. The van der Waals surface area contributed by atoms with Crippen LogP contribution in [0.1, 0.15) is 188 Å². The molecule has 0 rings (SSSR count). The molecular weight excluding hydrogens is 588 g/mol. The largest absolute Gasteiger partial charge is 0.446 e. The van der Waals surface area contributed by atoms with Crippen LogP contribution in [0.5, 0.6) is 0 Å². The Morgan fingerprint density at radius 2 is 0.917 bits per heavy atom. The van der Waals surface area contributed by atoms with Gasteiger partial charge in [0.1, 0.15) is 6.10 Å². The van der Waals surface area contributed by atoms with E-state index in [0.29, 0.717) is 0 Å². The Balaban J connectivity index is 4.31. The summed E-state index contributed by atoms with van der Waals surface area (Å²) in [4.78, 5) is 17.2. The Hall–Kier alpha value is -1.81. The summed E-state index contributed by atoms with van der Waals surface area (Å²) < 4.78 is 6.11. The van der Waals surface area contributed by atoms with E-state index in [9.17, 15) is 4.79 Å². The van der Waals surface area contributed by atoms with Crippen LogP contribution in [-0.4, -0.2) is 55.2 Å². The van der Waals surface area contributed by atoms with E-state index in [-0.39, 0.29) is 12.2 Å². The van der Waals surface area contributed by atoms with Crippen molar-refractivity contribution in [3.63, 3.8) is 0 Å². The molecule has 0 saturated carbocycles. The van der Waals surface area contributed by atoms with Crippen LogP contribution in [0, 0.1) is 0 Å². The van der Waals surface area contributed by atoms with Crippen molar-refractivity contribution in [3.05, 3.63) is 48.6 Å². The molecule has 0 aromatic heterocycles. The summed E-state index contributed by atoms with van der Waals surface area (Å²) in [5.74, 6) is 0. The van der Waals surface area contributed by atoms with Gasteiger partial charge in [0, 0.05) is 13.6 Å². The number of hydrogen-bond acceptors (Lipinski definition) is 3. The monoisotopic (exact) mass is 671 g/mol. The molecule has 4 nitrogen and oxygen atoms in total.